The van der Waals surface area contributed by atoms with Gasteiger partial charge in [-0.15, -0.1) is 0 Å². The molecule has 3 rings (SSSR count). The number of ether oxygens (including phenoxy) is 1. The van der Waals surface area contributed by atoms with Gasteiger partial charge in [0.25, 0.3) is 0 Å². The standard InChI is InChI=1S/C15H16N2O3/c1-9(2)20-13-12-11(8-16-13)14(18)17(15(12)19)10-6-4-3-5-7-10/h3-7,9,11-12H,8H2,1-2H3. The maximum atomic E-state index is 12.5. The second-order valence-corrected chi connectivity index (χ2v) is 5.28. The van der Waals surface area contributed by atoms with Crippen molar-refractivity contribution in [2.45, 2.75) is 20.0 Å². The Bertz CT molecular complexity index is 580. The number of benzene rings is 1. The largest absolute Gasteiger partial charge is 0.478 e. The van der Waals surface area contributed by atoms with Gasteiger partial charge in [0.15, 0.2) is 5.90 Å². The quantitative estimate of drug-likeness (QED) is 0.769. The summed E-state index contributed by atoms with van der Waals surface area (Å²) in [6.07, 6.45) is -0.0545. The lowest BCUT2D eigenvalue weighted by molar-refractivity contribution is -0.122. The van der Waals surface area contributed by atoms with Crippen molar-refractivity contribution in [2.24, 2.45) is 16.8 Å². The molecule has 0 saturated carbocycles. The first kappa shape index (κ1) is 12.8. The second-order valence-electron chi connectivity index (χ2n) is 5.28. The van der Waals surface area contributed by atoms with Crippen LogP contribution in [0.4, 0.5) is 5.69 Å². The minimum absolute atomic E-state index is 0.0545. The predicted molar refractivity (Wildman–Crippen MR) is 74.4 cm³/mol. The van der Waals surface area contributed by atoms with Crippen LogP contribution in [0.2, 0.25) is 0 Å². The average molecular weight is 272 g/mol. The molecule has 0 radical (unpaired) electrons. The van der Waals surface area contributed by atoms with Crippen LogP contribution in [0.1, 0.15) is 13.8 Å². The molecule has 0 aromatic heterocycles. The van der Waals surface area contributed by atoms with Gasteiger partial charge in [-0.3, -0.25) is 14.6 Å². The summed E-state index contributed by atoms with van der Waals surface area (Å²) in [5.74, 6) is -0.969. The van der Waals surface area contributed by atoms with Crippen LogP contribution in [0, 0.1) is 11.8 Å². The Morgan fingerprint density at radius 3 is 2.55 bits per heavy atom. The highest BCUT2D eigenvalue weighted by molar-refractivity contribution is 6.28. The summed E-state index contributed by atoms with van der Waals surface area (Å²) in [6.45, 7) is 4.10. The normalized spacial score (nSPS) is 25.1. The number of para-hydroxylation sites is 1. The SMILES string of the molecule is CC(C)OC1=NCC2C(=O)N(c3ccccc3)C(=O)C12. The molecule has 1 aromatic rings. The topological polar surface area (TPSA) is 59.0 Å². The van der Waals surface area contributed by atoms with Crippen LogP contribution in [0.25, 0.3) is 0 Å². The Labute approximate surface area is 117 Å². The maximum Gasteiger partial charge on any atom is 0.247 e. The monoisotopic (exact) mass is 272 g/mol. The molecule has 1 saturated heterocycles. The number of aliphatic imine (C=N–C) groups is 1. The van der Waals surface area contributed by atoms with Crippen LogP contribution >= 0.6 is 0 Å². The van der Waals surface area contributed by atoms with Gasteiger partial charge in [-0.25, -0.2) is 4.90 Å². The van der Waals surface area contributed by atoms with Crippen molar-refractivity contribution in [3.8, 4) is 0 Å². The summed E-state index contributed by atoms with van der Waals surface area (Å²) in [7, 11) is 0. The van der Waals surface area contributed by atoms with E-state index in [0.717, 1.165) is 0 Å². The smallest absolute Gasteiger partial charge is 0.247 e. The fraction of sp³-hybridized carbons (Fsp3) is 0.400. The number of imide groups is 1. The number of amides is 2. The van der Waals surface area contributed by atoms with Gasteiger partial charge in [-0.05, 0) is 26.0 Å². The zero-order valence-corrected chi connectivity index (χ0v) is 11.4. The number of rotatable bonds is 2. The average Bonchev–Trinajstić information content (AvgIpc) is 2.92. The minimum atomic E-state index is -0.551. The van der Waals surface area contributed by atoms with E-state index in [1.54, 1.807) is 12.1 Å². The lowest BCUT2D eigenvalue weighted by Gasteiger charge is -2.16. The molecule has 1 fully saturated rings. The first-order valence-corrected chi connectivity index (χ1v) is 6.73. The number of anilines is 1. The molecule has 2 aliphatic heterocycles. The Hall–Kier alpha value is -2.17. The van der Waals surface area contributed by atoms with E-state index in [-0.39, 0.29) is 17.9 Å². The molecular formula is C15H16N2O3. The van der Waals surface area contributed by atoms with E-state index in [9.17, 15) is 9.59 Å². The molecule has 2 atom stereocenters. The van der Waals surface area contributed by atoms with E-state index in [1.165, 1.54) is 4.90 Å². The fourth-order valence-corrected chi connectivity index (χ4v) is 2.66. The van der Waals surface area contributed by atoms with Gasteiger partial charge >= 0.3 is 0 Å². The molecule has 0 bridgehead atoms. The molecule has 2 unspecified atom stereocenters. The highest BCUT2D eigenvalue weighted by Gasteiger charge is 2.54. The number of hydrogen-bond donors (Lipinski definition) is 0. The van der Waals surface area contributed by atoms with E-state index in [0.29, 0.717) is 18.1 Å². The van der Waals surface area contributed by atoms with E-state index >= 15 is 0 Å². The number of carbonyl (C=O) groups excluding carboxylic acids is 2. The Balaban J connectivity index is 1.90. The van der Waals surface area contributed by atoms with E-state index in [2.05, 4.69) is 4.99 Å². The Morgan fingerprint density at radius 1 is 1.20 bits per heavy atom. The van der Waals surface area contributed by atoms with Crippen LogP contribution in [-0.2, 0) is 14.3 Å². The van der Waals surface area contributed by atoms with Crippen LogP contribution in [0.3, 0.4) is 0 Å². The van der Waals surface area contributed by atoms with Gasteiger partial charge in [0.05, 0.1) is 24.3 Å². The third-order valence-corrected chi connectivity index (χ3v) is 3.51. The molecule has 5 nitrogen and oxygen atoms in total. The Kier molecular flexibility index (Phi) is 3.04. The van der Waals surface area contributed by atoms with E-state index in [1.807, 2.05) is 32.0 Å². The zero-order valence-electron chi connectivity index (χ0n) is 11.4. The maximum absolute atomic E-state index is 12.5. The number of hydrogen-bond acceptors (Lipinski definition) is 4. The Morgan fingerprint density at radius 2 is 1.90 bits per heavy atom. The molecule has 2 amide bonds. The van der Waals surface area contributed by atoms with Crippen molar-refractivity contribution in [2.75, 3.05) is 11.4 Å². The van der Waals surface area contributed by atoms with Crippen molar-refractivity contribution in [3.05, 3.63) is 30.3 Å². The summed E-state index contributed by atoms with van der Waals surface area (Å²) in [4.78, 5) is 30.4. The van der Waals surface area contributed by atoms with Crippen molar-refractivity contribution < 1.29 is 14.3 Å². The number of fused-ring (bicyclic) bond motifs is 1. The van der Waals surface area contributed by atoms with Crippen molar-refractivity contribution in [3.63, 3.8) is 0 Å². The second kappa shape index (κ2) is 4.74. The highest BCUT2D eigenvalue weighted by Crippen LogP contribution is 2.35. The van der Waals surface area contributed by atoms with Gasteiger partial charge in [-0.2, -0.15) is 0 Å². The molecule has 0 spiro atoms. The van der Waals surface area contributed by atoms with Crippen molar-refractivity contribution in [1.82, 2.24) is 0 Å². The van der Waals surface area contributed by atoms with Gasteiger partial charge < -0.3 is 4.74 Å². The molecule has 2 aliphatic rings. The lowest BCUT2D eigenvalue weighted by Crippen LogP contribution is -2.33. The van der Waals surface area contributed by atoms with Gasteiger partial charge in [-0.1, -0.05) is 18.2 Å². The molecule has 0 aliphatic carbocycles. The molecule has 20 heavy (non-hydrogen) atoms. The van der Waals surface area contributed by atoms with Gasteiger partial charge in [0, 0.05) is 0 Å². The first-order chi connectivity index (χ1) is 9.59. The van der Waals surface area contributed by atoms with E-state index in [4.69, 9.17) is 4.74 Å². The van der Waals surface area contributed by atoms with E-state index < -0.39 is 11.8 Å². The summed E-state index contributed by atoms with van der Waals surface area (Å²) in [6, 6.07) is 8.99. The molecule has 104 valence electrons. The molecule has 2 heterocycles. The lowest BCUT2D eigenvalue weighted by atomic mass is 9.98. The number of carbonyl (C=O) groups is 2. The molecular weight excluding hydrogens is 256 g/mol. The summed E-state index contributed by atoms with van der Waals surface area (Å²) >= 11 is 0. The first-order valence-electron chi connectivity index (χ1n) is 6.73. The number of nitrogens with zero attached hydrogens (tertiary/aromatic N) is 2. The molecule has 1 aromatic carbocycles. The third-order valence-electron chi connectivity index (χ3n) is 3.51. The van der Waals surface area contributed by atoms with Crippen LogP contribution in [-0.4, -0.2) is 30.4 Å². The van der Waals surface area contributed by atoms with Crippen LogP contribution < -0.4 is 4.90 Å². The minimum Gasteiger partial charge on any atom is -0.478 e. The summed E-state index contributed by atoms with van der Waals surface area (Å²) in [5, 5.41) is 0. The van der Waals surface area contributed by atoms with Crippen molar-refractivity contribution in [1.29, 1.82) is 0 Å². The molecule has 5 heteroatoms. The van der Waals surface area contributed by atoms with Gasteiger partial charge in [0.1, 0.15) is 5.92 Å². The highest BCUT2D eigenvalue weighted by atomic mass is 16.5. The summed E-state index contributed by atoms with van der Waals surface area (Å²) in [5.41, 5.74) is 0.612. The zero-order chi connectivity index (χ0) is 14.3. The predicted octanol–water partition coefficient (Wildman–Crippen LogP) is 1.63. The van der Waals surface area contributed by atoms with Crippen LogP contribution in [0.15, 0.2) is 35.3 Å². The summed E-state index contributed by atoms with van der Waals surface area (Å²) < 4.78 is 5.58. The van der Waals surface area contributed by atoms with Gasteiger partial charge in [0.2, 0.25) is 11.8 Å². The third kappa shape index (κ3) is 1.90. The van der Waals surface area contributed by atoms with Crippen molar-refractivity contribution >= 4 is 23.4 Å². The fourth-order valence-electron chi connectivity index (χ4n) is 2.66. The molecule has 0 N–H and O–H groups in total. The van der Waals surface area contributed by atoms with Crippen LogP contribution in [0.5, 0.6) is 0 Å².